The largest absolute Gasteiger partial charge is 0.350 e. The zero-order valence-corrected chi connectivity index (χ0v) is 11.3. The molecule has 0 unspecified atom stereocenters. The molecule has 2 heterocycles. The summed E-state index contributed by atoms with van der Waals surface area (Å²) in [5.74, 6) is 1.16. The molecule has 2 N–H and O–H groups in total. The van der Waals surface area contributed by atoms with Gasteiger partial charge in [-0.05, 0) is 12.1 Å². The van der Waals surface area contributed by atoms with Crippen LogP contribution in [-0.2, 0) is 0 Å². The number of hydrogen-bond acceptors (Lipinski definition) is 3. The molecule has 1 aliphatic rings. The number of piperazine rings is 1. The van der Waals surface area contributed by atoms with E-state index in [0.29, 0.717) is 0 Å². The Hall–Kier alpha value is -0.970. The highest BCUT2D eigenvalue weighted by Crippen LogP contribution is 2.22. The first-order chi connectivity index (χ1) is 8.92. The molecule has 0 saturated carbocycles. The summed E-state index contributed by atoms with van der Waals surface area (Å²) in [5, 5.41) is 5.98. The fraction of sp³-hybridized carbons (Fsp3) is 0.429. The molecule has 0 atom stereocenters. The van der Waals surface area contributed by atoms with Crippen LogP contribution in [-0.4, -0.2) is 48.4 Å². The van der Waals surface area contributed by atoms with Crippen LogP contribution < -0.4 is 5.32 Å². The molecule has 0 aliphatic carbocycles. The first-order valence-corrected chi connectivity index (χ1v) is 7.54. The predicted octanol–water partition coefficient (Wildman–Crippen LogP) is 2.17. The van der Waals surface area contributed by atoms with E-state index in [1.807, 2.05) is 11.8 Å². The minimum atomic E-state index is 1.14. The van der Waals surface area contributed by atoms with Crippen LogP contribution in [0.5, 0.6) is 0 Å². The predicted molar refractivity (Wildman–Crippen MR) is 78.3 cm³/mol. The fourth-order valence-corrected chi connectivity index (χ4v) is 3.31. The molecule has 2 aromatic rings. The number of benzene rings is 1. The van der Waals surface area contributed by atoms with Gasteiger partial charge in [0, 0.05) is 49.4 Å². The van der Waals surface area contributed by atoms with Gasteiger partial charge in [0.2, 0.25) is 0 Å². The Balaban J connectivity index is 1.53. The fourth-order valence-electron chi connectivity index (χ4n) is 2.34. The number of thioether (sulfide) groups is 1. The molecule has 0 bridgehead atoms. The molecule has 1 aliphatic heterocycles. The van der Waals surface area contributed by atoms with Crippen molar-refractivity contribution in [1.82, 2.24) is 15.2 Å². The van der Waals surface area contributed by atoms with Gasteiger partial charge in [0.05, 0.1) is 5.03 Å². The lowest BCUT2D eigenvalue weighted by molar-refractivity contribution is 0.255. The summed E-state index contributed by atoms with van der Waals surface area (Å²) in [5.41, 5.74) is 1.24. The van der Waals surface area contributed by atoms with Gasteiger partial charge in [-0.25, -0.2) is 0 Å². The summed E-state index contributed by atoms with van der Waals surface area (Å²) in [6, 6.07) is 10.7. The van der Waals surface area contributed by atoms with Crippen LogP contribution in [0.2, 0.25) is 0 Å². The Morgan fingerprint density at radius 1 is 1.17 bits per heavy atom. The monoisotopic (exact) mass is 261 g/mol. The van der Waals surface area contributed by atoms with Crippen molar-refractivity contribution in [1.29, 1.82) is 0 Å². The van der Waals surface area contributed by atoms with Crippen molar-refractivity contribution in [3.63, 3.8) is 0 Å². The minimum Gasteiger partial charge on any atom is -0.350 e. The van der Waals surface area contributed by atoms with Gasteiger partial charge < -0.3 is 10.3 Å². The Kier molecular flexibility index (Phi) is 3.88. The number of rotatable bonds is 4. The number of hydrogen-bond donors (Lipinski definition) is 2. The molecule has 1 saturated heterocycles. The first-order valence-electron chi connectivity index (χ1n) is 6.55. The van der Waals surface area contributed by atoms with Crippen LogP contribution in [0.15, 0.2) is 35.4 Å². The van der Waals surface area contributed by atoms with Crippen LogP contribution in [0, 0.1) is 0 Å². The number of aromatic nitrogens is 1. The number of nitrogens with zero attached hydrogens (tertiary/aromatic N) is 1. The molecule has 1 aromatic heterocycles. The number of fused-ring (bicyclic) bond motifs is 1. The summed E-state index contributed by atoms with van der Waals surface area (Å²) < 4.78 is 0. The average molecular weight is 261 g/mol. The molecule has 18 heavy (non-hydrogen) atoms. The highest BCUT2D eigenvalue weighted by atomic mass is 32.2. The van der Waals surface area contributed by atoms with Gasteiger partial charge in [-0.1, -0.05) is 18.2 Å². The van der Waals surface area contributed by atoms with Crippen LogP contribution in [0.4, 0.5) is 0 Å². The summed E-state index contributed by atoms with van der Waals surface area (Å²) in [6.07, 6.45) is 0. The third-order valence-electron chi connectivity index (χ3n) is 3.38. The normalized spacial score (nSPS) is 17.3. The number of nitrogens with one attached hydrogen (secondary N) is 2. The molecule has 0 spiro atoms. The molecule has 1 fully saturated rings. The maximum absolute atomic E-state index is 3.47. The van der Waals surface area contributed by atoms with Crippen LogP contribution in [0.3, 0.4) is 0 Å². The Morgan fingerprint density at radius 2 is 2.00 bits per heavy atom. The van der Waals surface area contributed by atoms with Gasteiger partial charge in [0.1, 0.15) is 0 Å². The van der Waals surface area contributed by atoms with E-state index in [-0.39, 0.29) is 0 Å². The van der Waals surface area contributed by atoms with Gasteiger partial charge in [0.15, 0.2) is 0 Å². The lowest BCUT2D eigenvalue weighted by Gasteiger charge is -2.26. The summed E-state index contributed by atoms with van der Waals surface area (Å²) in [6.45, 7) is 5.83. The zero-order chi connectivity index (χ0) is 12.2. The van der Waals surface area contributed by atoms with Crippen molar-refractivity contribution >= 4 is 22.7 Å². The van der Waals surface area contributed by atoms with Gasteiger partial charge in [0.25, 0.3) is 0 Å². The van der Waals surface area contributed by atoms with Crippen molar-refractivity contribution in [2.75, 3.05) is 38.5 Å². The van der Waals surface area contributed by atoms with E-state index in [1.165, 1.54) is 35.6 Å². The van der Waals surface area contributed by atoms with Crippen LogP contribution >= 0.6 is 11.8 Å². The molecule has 4 heteroatoms. The zero-order valence-electron chi connectivity index (χ0n) is 10.5. The summed E-state index contributed by atoms with van der Waals surface area (Å²) in [7, 11) is 0. The van der Waals surface area contributed by atoms with E-state index in [9.17, 15) is 0 Å². The van der Waals surface area contributed by atoms with Gasteiger partial charge in [-0.15, -0.1) is 11.8 Å². The summed E-state index contributed by atoms with van der Waals surface area (Å²) >= 11 is 1.92. The lowest BCUT2D eigenvalue weighted by atomic mass is 10.3. The van der Waals surface area contributed by atoms with Gasteiger partial charge in [-0.2, -0.15) is 0 Å². The molecule has 1 aromatic carbocycles. The van der Waals surface area contributed by atoms with E-state index < -0.39 is 0 Å². The Morgan fingerprint density at radius 3 is 2.83 bits per heavy atom. The SMILES string of the molecule is c1ccc2[nH]c(SCCN3CCNCC3)cc2c1. The van der Waals surface area contributed by atoms with Gasteiger partial charge >= 0.3 is 0 Å². The smallest absolute Gasteiger partial charge is 0.0732 e. The highest BCUT2D eigenvalue weighted by molar-refractivity contribution is 7.99. The maximum atomic E-state index is 3.47. The van der Waals surface area contributed by atoms with Crippen molar-refractivity contribution in [2.24, 2.45) is 0 Å². The topological polar surface area (TPSA) is 31.1 Å². The van der Waals surface area contributed by atoms with E-state index in [0.717, 1.165) is 18.8 Å². The molecule has 3 nitrogen and oxygen atoms in total. The second-order valence-corrected chi connectivity index (χ2v) is 5.80. The van der Waals surface area contributed by atoms with Gasteiger partial charge in [-0.3, -0.25) is 4.90 Å². The van der Waals surface area contributed by atoms with Crippen LogP contribution in [0.25, 0.3) is 10.9 Å². The molecule has 0 amide bonds. The average Bonchev–Trinajstić information content (AvgIpc) is 2.82. The number of para-hydroxylation sites is 1. The van der Waals surface area contributed by atoms with E-state index in [4.69, 9.17) is 0 Å². The quantitative estimate of drug-likeness (QED) is 0.827. The van der Waals surface area contributed by atoms with Crippen molar-refractivity contribution in [3.8, 4) is 0 Å². The highest BCUT2D eigenvalue weighted by Gasteiger charge is 2.09. The van der Waals surface area contributed by atoms with E-state index >= 15 is 0 Å². The molecule has 3 rings (SSSR count). The summed E-state index contributed by atoms with van der Waals surface area (Å²) in [4.78, 5) is 6.00. The Bertz CT molecular complexity index is 469. The first kappa shape index (κ1) is 12.1. The Labute approximate surface area is 112 Å². The second kappa shape index (κ2) is 5.78. The lowest BCUT2D eigenvalue weighted by Crippen LogP contribution is -2.44. The maximum Gasteiger partial charge on any atom is 0.0732 e. The minimum absolute atomic E-state index is 1.14. The van der Waals surface area contributed by atoms with Crippen molar-refractivity contribution < 1.29 is 0 Å². The molecule has 0 radical (unpaired) electrons. The molecular formula is C14H19N3S. The van der Waals surface area contributed by atoms with Crippen molar-refractivity contribution in [2.45, 2.75) is 5.03 Å². The third-order valence-corrected chi connectivity index (χ3v) is 4.30. The standard InChI is InChI=1S/C14H19N3S/c1-2-4-13-12(3-1)11-14(16-13)18-10-9-17-7-5-15-6-8-17/h1-4,11,15-16H,5-10H2. The number of H-pyrrole nitrogens is 1. The molecular weight excluding hydrogens is 242 g/mol. The number of aromatic amines is 1. The second-order valence-electron chi connectivity index (χ2n) is 4.66. The van der Waals surface area contributed by atoms with Crippen molar-refractivity contribution in [3.05, 3.63) is 30.3 Å². The van der Waals surface area contributed by atoms with E-state index in [1.54, 1.807) is 0 Å². The third kappa shape index (κ3) is 2.88. The van der Waals surface area contributed by atoms with E-state index in [2.05, 4.69) is 45.5 Å². The molecule has 96 valence electrons. The van der Waals surface area contributed by atoms with Crippen LogP contribution in [0.1, 0.15) is 0 Å².